The Bertz CT molecular complexity index is 544. The van der Waals surface area contributed by atoms with Gasteiger partial charge >= 0.3 is 0 Å². The van der Waals surface area contributed by atoms with Crippen molar-refractivity contribution in [3.8, 4) is 0 Å². The largest absolute Gasteiger partial charge is 0.304 e. The van der Waals surface area contributed by atoms with Gasteiger partial charge in [0.1, 0.15) is 5.69 Å². The lowest BCUT2D eigenvalue weighted by molar-refractivity contribution is 0.546. The number of hydrogen-bond donors (Lipinski definition) is 2. The molecule has 1 N–H and O–H groups in total. The highest BCUT2D eigenvalue weighted by Gasteiger charge is 2.37. The molecule has 0 fully saturated rings. The number of anilines is 1. The van der Waals surface area contributed by atoms with Crippen molar-refractivity contribution in [1.29, 1.82) is 0 Å². The van der Waals surface area contributed by atoms with Gasteiger partial charge in [-0.15, -0.1) is 0 Å². The molecule has 0 bridgehead atoms. The lowest BCUT2D eigenvalue weighted by Crippen LogP contribution is -2.34. The number of hydrogen-bond acceptors (Lipinski definition) is 6. The minimum Gasteiger partial charge on any atom is -0.304 e. The van der Waals surface area contributed by atoms with Gasteiger partial charge < -0.3 is 5.01 Å². The maximum absolute atomic E-state index is 12.4. The molecule has 5 nitrogen and oxygen atoms in total. The highest BCUT2D eigenvalue weighted by molar-refractivity contribution is 8.01. The summed E-state index contributed by atoms with van der Waals surface area (Å²) in [6, 6.07) is 0. The van der Waals surface area contributed by atoms with Gasteiger partial charge in [-0.2, -0.15) is 12.6 Å². The number of fused-ring (bicyclic) bond motifs is 2. The molecule has 1 atom stereocenters. The second-order valence-electron chi connectivity index (χ2n) is 4.68. The van der Waals surface area contributed by atoms with Crippen LogP contribution < -0.4 is 16.0 Å². The summed E-state index contributed by atoms with van der Waals surface area (Å²) in [6.45, 7) is 3.43. The first kappa shape index (κ1) is 11.4. The van der Waals surface area contributed by atoms with Gasteiger partial charge in [-0.1, -0.05) is 11.8 Å². The number of rotatable bonds is 1. The van der Waals surface area contributed by atoms with Gasteiger partial charge in [0, 0.05) is 24.1 Å². The molecule has 1 aromatic heterocycles. The first-order valence-corrected chi connectivity index (χ1v) is 6.90. The lowest BCUT2D eigenvalue weighted by atomic mass is 10.2. The second kappa shape index (κ2) is 3.66. The molecule has 17 heavy (non-hydrogen) atoms. The summed E-state index contributed by atoms with van der Waals surface area (Å²) >= 11 is 6.01. The van der Waals surface area contributed by atoms with E-state index in [2.05, 4.69) is 30.0 Å². The molecule has 7 heteroatoms. The van der Waals surface area contributed by atoms with Gasteiger partial charge in [0.15, 0.2) is 5.16 Å². The number of hydrazine groups is 1. The molecule has 0 spiro atoms. The fourth-order valence-corrected chi connectivity index (χ4v) is 3.59. The Labute approximate surface area is 109 Å². The number of nitrogens with one attached hydrogen (secondary N) is 1. The minimum atomic E-state index is -0.0244. The lowest BCUT2D eigenvalue weighted by Gasteiger charge is -2.17. The van der Waals surface area contributed by atoms with Crippen molar-refractivity contribution in [3.05, 3.63) is 16.0 Å². The molecule has 92 valence electrons. The van der Waals surface area contributed by atoms with Crippen molar-refractivity contribution in [2.24, 2.45) is 0 Å². The van der Waals surface area contributed by atoms with Crippen molar-refractivity contribution in [2.45, 2.75) is 29.9 Å². The van der Waals surface area contributed by atoms with Crippen molar-refractivity contribution in [2.75, 3.05) is 17.8 Å². The van der Waals surface area contributed by atoms with E-state index < -0.39 is 0 Å². The Kier molecular flexibility index (Phi) is 2.46. The van der Waals surface area contributed by atoms with Gasteiger partial charge in [-0.05, 0) is 6.92 Å². The van der Waals surface area contributed by atoms with Crippen LogP contribution >= 0.6 is 24.4 Å². The van der Waals surface area contributed by atoms with E-state index in [-0.39, 0.29) is 10.3 Å². The van der Waals surface area contributed by atoms with Gasteiger partial charge in [-0.25, -0.2) is 10.4 Å². The molecule has 0 aliphatic carbocycles. The predicted molar refractivity (Wildman–Crippen MR) is 71.9 cm³/mol. The fraction of sp³-hybridized carbons (Fsp3) is 0.600. The molecule has 0 saturated carbocycles. The van der Waals surface area contributed by atoms with Crippen LogP contribution in [-0.4, -0.2) is 27.1 Å². The van der Waals surface area contributed by atoms with E-state index >= 15 is 0 Å². The van der Waals surface area contributed by atoms with Crippen molar-refractivity contribution in [3.63, 3.8) is 0 Å². The third kappa shape index (κ3) is 1.60. The van der Waals surface area contributed by atoms with Crippen LogP contribution in [0, 0.1) is 0 Å². The highest BCUT2D eigenvalue weighted by atomic mass is 32.2. The summed E-state index contributed by atoms with van der Waals surface area (Å²) in [5, 5.41) is 2.58. The SMILES string of the molecule is CN1NCc2nc3n(c(=O)c21)CC(C)(CS)S3. The Hall–Kier alpha value is -0.660. The Morgan fingerprint density at radius 1 is 1.65 bits per heavy atom. The molecule has 0 amide bonds. The third-order valence-corrected chi connectivity index (χ3v) is 5.34. The van der Waals surface area contributed by atoms with Crippen LogP contribution in [0.15, 0.2) is 9.95 Å². The Morgan fingerprint density at radius 2 is 2.41 bits per heavy atom. The first-order chi connectivity index (χ1) is 8.04. The number of aromatic nitrogens is 2. The van der Waals surface area contributed by atoms with Crippen LogP contribution in [0.25, 0.3) is 0 Å². The van der Waals surface area contributed by atoms with Crippen molar-refractivity contribution >= 4 is 30.1 Å². The monoisotopic (exact) mass is 270 g/mol. The normalized spacial score (nSPS) is 26.2. The maximum Gasteiger partial charge on any atom is 0.279 e. The van der Waals surface area contributed by atoms with Crippen LogP contribution in [0.3, 0.4) is 0 Å². The van der Waals surface area contributed by atoms with E-state index in [1.165, 1.54) is 0 Å². The van der Waals surface area contributed by atoms with Gasteiger partial charge in [0.25, 0.3) is 5.56 Å². The summed E-state index contributed by atoms with van der Waals surface area (Å²) in [5.41, 5.74) is 4.67. The zero-order chi connectivity index (χ0) is 12.2. The second-order valence-corrected chi connectivity index (χ2v) is 6.56. The van der Waals surface area contributed by atoms with Crippen LogP contribution in [0.5, 0.6) is 0 Å². The molecule has 3 rings (SSSR count). The Balaban J connectivity index is 2.15. The van der Waals surface area contributed by atoms with Crippen LogP contribution in [0.1, 0.15) is 12.6 Å². The molecule has 1 aromatic rings. The average Bonchev–Trinajstić information content (AvgIpc) is 2.81. The summed E-state index contributed by atoms with van der Waals surface area (Å²) in [5.74, 6) is 0.735. The van der Waals surface area contributed by atoms with Crippen LogP contribution in [0.2, 0.25) is 0 Å². The molecule has 1 unspecified atom stereocenters. The predicted octanol–water partition coefficient (Wildman–Crippen LogP) is 0.492. The van der Waals surface area contributed by atoms with E-state index in [9.17, 15) is 4.79 Å². The number of thioether (sulfide) groups is 1. The molecule has 0 radical (unpaired) electrons. The first-order valence-electron chi connectivity index (χ1n) is 5.45. The molecule has 0 aromatic carbocycles. The molecule has 3 heterocycles. The summed E-state index contributed by atoms with van der Waals surface area (Å²) in [6.07, 6.45) is 0. The topological polar surface area (TPSA) is 50.2 Å². The Morgan fingerprint density at radius 3 is 3.12 bits per heavy atom. The number of nitrogens with zero attached hydrogens (tertiary/aromatic N) is 3. The zero-order valence-electron chi connectivity index (χ0n) is 9.73. The summed E-state index contributed by atoms with van der Waals surface area (Å²) in [7, 11) is 1.85. The van der Waals surface area contributed by atoms with Crippen molar-refractivity contribution < 1.29 is 0 Å². The molecule has 0 saturated heterocycles. The fourth-order valence-electron chi connectivity index (χ4n) is 2.19. The van der Waals surface area contributed by atoms with E-state index in [0.29, 0.717) is 18.8 Å². The quantitative estimate of drug-likeness (QED) is 0.575. The van der Waals surface area contributed by atoms with E-state index in [1.807, 2.05) is 7.05 Å². The third-order valence-electron chi connectivity index (χ3n) is 3.17. The van der Waals surface area contributed by atoms with E-state index in [0.717, 1.165) is 16.6 Å². The smallest absolute Gasteiger partial charge is 0.279 e. The standard InChI is InChI=1S/C10H14N4OS2/c1-10(5-16)4-14-8(15)7-6(3-11-13(7)2)12-9(14)17-10/h11,16H,3-5H2,1-2H3. The number of thiol groups is 1. The summed E-state index contributed by atoms with van der Waals surface area (Å²) in [4.78, 5) is 16.9. The highest BCUT2D eigenvalue weighted by Crippen LogP contribution is 2.40. The minimum absolute atomic E-state index is 0.0244. The maximum atomic E-state index is 12.4. The molecule has 2 aliphatic rings. The van der Waals surface area contributed by atoms with E-state index in [1.54, 1.807) is 21.3 Å². The summed E-state index contributed by atoms with van der Waals surface area (Å²) < 4.78 is 1.74. The van der Waals surface area contributed by atoms with Gasteiger partial charge in [0.2, 0.25) is 0 Å². The van der Waals surface area contributed by atoms with Gasteiger partial charge in [-0.3, -0.25) is 9.36 Å². The van der Waals surface area contributed by atoms with E-state index in [4.69, 9.17) is 0 Å². The molecular weight excluding hydrogens is 256 g/mol. The van der Waals surface area contributed by atoms with Crippen LogP contribution in [0.4, 0.5) is 5.69 Å². The average molecular weight is 270 g/mol. The van der Waals surface area contributed by atoms with Crippen LogP contribution in [-0.2, 0) is 13.1 Å². The zero-order valence-corrected chi connectivity index (χ0v) is 11.4. The van der Waals surface area contributed by atoms with Crippen molar-refractivity contribution in [1.82, 2.24) is 15.0 Å². The molecular formula is C10H14N4OS2. The molecule has 2 aliphatic heterocycles. The van der Waals surface area contributed by atoms with Gasteiger partial charge in [0.05, 0.1) is 12.2 Å².